The molecule has 1 aromatic rings. The summed E-state index contributed by atoms with van der Waals surface area (Å²) < 4.78 is 15.1. The molecule has 0 fully saturated rings. The molecule has 0 radical (unpaired) electrons. The first-order valence-electron chi connectivity index (χ1n) is 4.83. The molecule has 0 atom stereocenters. The van der Waals surface area contributed by atoms with E-state index in [2.05, 4.69) is 0 Å². The number of methoxy groups -OCH3 is 1. The lowest BCUT2D eigenvalue weighted by atomic mass is 10.2. The third kappa shape index (κ3) is 5.88. The molecule has 0 aliphatic carbocycles. The second-order valence-corrected chi connectivity index (χ2v) is 2.90. The van der Waals surface area contributed by atoms with Gasteiger partial charge < -0.3 is 14.2 Å². The number of hydrogen-bond donors (Lipinski definition) is 0. The quantitative estimate of drug-likeness (QED) is 0.391. The second kappa shape index (κ2) is 8.03. The van der Waals surface area contributed by atoms with Crippen LogP contribution in [-0.4, -0.2) is 27.1 Å². The van der Waals surface area contributed by atoms with Crippen LogP contribution in [0.2, 0.25) is 0 Å². The lowest BCUT2D eigenvalue weighted by molar-refractivity contribution is -0.0292. The molecular weight excluding hydrogens is 192 g/mol. The van der Waals surface area contributed by atoms with Gasteiger partial charge in [0.05, 0.1) is 19.5 Å². The van der Waals surface area contributed by atoms with E-state index in [9.17, 15) is 0 Å². The van der Waals surface area contributed by atoms with Crippen molar-refractivity contribution >= 4 is 6.08 Å². The summed E-state index contributed by atoms with van der Waals surface area (Å²) in [4.78, 5) is 0. The summed E-state index contributed by atoms with van der Waals surface area (Å²) in [6.07, 6.45) is 3.52. The molecule has 0 spiro atoms. The summed E-state index contributed by atoms with van der Waals surface area (Å²) >= 11 is 0. The molecule has 0 saturated carbocycles. The highest BCUT2D eigenvalue weighted by atomic mass is 16.7. The summed E-state index contributed by atoms with van der Waals surface area (Å²) in [6, 6.07) is 9.95. The Bertz CT molecular complexity index is 269. The predicted molar refractivity (Wildman–Crippen MR) is 59.3 cm³/mol. The maximum absolute atomic E-state index is 5.13. The molecule has 0 N–H and O–H groups in total. The van der Waals surface area contributed by atoms with Gasteiger partial charge in [-0.25, -0.2) is 0 Å². The maximum Gasteiger partial charge on any atom is 0.188 e. The molecule has 0 bridgehead atoms. The van der Waals surface area contributed by atoms with Gasteiger partial charge in [0.1, 0.15) is 0 Å². The molecule has 3 nitrogen and oxygen atoms in total. The molecule has 0 aromatic heterocycles. The van der Waals surface area contributed by atoms with Crippen LogP contribution in [0.25, 0.3) is 6.08 Å². The fraction of sp³-hybridized carbons (Fsp3) is 0.333. The van der Waals surface area contributed by atoms with Gasteiger partial charge in [0, 0.05) is 7.11 Å². The van der Waals surface area contributed by atoms with Crippen molar-refractivity contribution in [1.82, 2.24) is 0 Å². The van der Waals surface area contributed by atoms with Gasteiger partial charge in [0.25, 0.3) is 0 Å². The van der Waals surface area contributed by atoms with Crippen LogP contribution in [0.3, 0.4) is 0 Å². The maximum atomic E-state index is 5.13. The van der Waals surface area contributed by atoms with Crippen molar-refractivity contribution in [3.05, 3.63) is 42.2 Å². The highest BCUT2D eigenvalue weighted by molar-refractivity contribution is 5.47. The lowest BCUT2D eigenvalue weighted by Crippen LogP contribution is -2.03. The van der Waals surface area contributed by atoms with Crippen LogP contribution in [0, 0.1) is 0 Å². The molecule has 0 saturated heterocycles. The van der Waals surface area contributed by atoms with Gasteiger partial charge in [0.15, 0.2) is 6.79 Å². The Balaban J connectivity index is 2.07. The van der Waals surface area contributed by atoms with E-state index >= 15 is 0 Å². The average Bonchev–Trinajstić information content (AvgIpc) is 2.29. The minimum Gasteiger partial charge on any atom is -0.475 e. The number of ether oxygens (including phenoxy) is 3. The SMILES string of the molecule is COCCOCOC=Cc1ccccc1. The Morgan fingerprint density at radius 1 is 1.13 bits per heavy atom. The Kier molecular flexibility index (Phi) is 6.29. The van der Waals surface area contributed by atoms with Crippen molar-refractivity contribution in [2.45, 2.75) is 0 Å². The first kappa shape index (κ1) is 11.8. The van der Waals surface area contributed by atoms with Gasteiger partial charge >= 0.3 is 0 Å². The summed E-state index contributed by atoms with van der Waals surface area (Å²) in [5.41, 5.74) is 1.11. The van der Waals surface area contributed by atoms with Gasteiger partial charge in [-0.1, -0.05) is 30.3 Å². The minimum absolute atomic E-state index is 0.257. The number of benzene rings is 1. The highest BCUT2D eigenvalue weighted by Gasteiger charge is 1.85. The zero-order chi connectivity index (χ0) is 10.8. The smallest absolute Gasteiger partial charge is 0.188 e. The Hall–Kier alpha value is -1.32. The lowest BCUT2D eigenvalue weighted by Gasteiger charge is -2.02. The van der Waals surface area contributed by atoms with Gasteiger partial charge in [-0.3, -0.25) is 0 Å². The van der Waals surface area contributed by atoms with Crippen LogP contribution >= 0.6 is 0 Å². The van der Waals surface area contributed by atoms with Crippen LogP contribution in [-0.2, 0) is 14.2 Å². The minimum atomic E-state index is 0.257. The van der Waals surface area contributed by atoms with E-state index in [0.717, 1.165) is 5.56 Å². The molecule has 82 valence electrons. The van der Waals surface area contributed by atoms with Crippen molar-refractivity contribution in [2.24, 2.45) is 0 Å². The average molecular weight is 208 g/mol. The van der Waals surface area contributed by atoms with E-state index in [0.29, 0.717) is 13.2 Å². The molecule has 0 amide bonds. The predicted octanol–water partition coefficient (Wildman–Crippen LogP) is 2.29. The number of rotatable bonds is 7. The van der Waals surface area contributed by atoms with Crippen LogP contribution in [0.4, 0.5) is 0 Å². The largest absolute Gasteiger partial charge is 0.475 e. The fourth-order valence-corrected chi connectivity index (χ4v) is 0.979. The van der Waals surface area contributed by atoms with E-state index < -0.39 is 0 Å². The van der Waals surface area contributed by atoms with Crippen molar-refractivity contribution in [2.75, 3.05) is 27.1 Å². The third-order valence-electron chi connectivity index (χ3n) is 1.74. The summed E-state index contributed by atoms with van der Waals surface area (Å²) in [5.74, 6) is 0. The first-order chi connectivity index (χ1) is 7.43. The van der Waals surface area contributed by atoms with Crippen LogP contribution in [0.15, 0.2) is 36.6 Å². The van der Waals surface area contributed by atoms with Crippen molar-refractivity contribution < 1.29 is 14.2 Å². The summed E-state index contributed by atoms with van der Waals surface area (Å²) in [5, 5.41) is 0. The van der Waals surface area contributed by atoms with Crippen molar-refractivity contribution in [3.63, 3.8) is 0 Å². The molecule has 0 aliphatic rings. The molecule has 1 rings (SSSR count). The van der Waals surface area contributed by atoms with E-state index in [1.165, 1.54) is 0 Å². The van der Waals surface area contributed by atoms with Crippen LogP contribution in [0.1, 0.15) is 5.56 Å². The molecule has 15 heavy (non-hydrogen) atoms. The normalized spacial score (nSPS) is 10.7. The molecule has 0 unspecified atom stereocenters. The van der Waals surface area contributed by atoms with E-state index in [-0.39, 0.29) is 6.79 Å². The highest BCUT2D eigenvalue weighted by Crippen LogP contribution is 2.00. The van der Waals surface area contributed by atoms with Crippen LogP contribution < -0.4 is 0 Å². The topological polar surface area (TPSA) is 27.7 Å². The standard InChI is InChI=1S/C12H16O3/c1-13-9-10-15-11-14-8-7-12-5-3-2-4-6-12/h2-8H,9-11H2,1H3. The van der Waals surface area contributed by atoms with Gasteiger partial charge in [-0.05, 0) is 11.6 Å². The zero-order valence-electron chi connectivity index (χ0n) is 8.89. The molecule has 0 heterocycles. The number of hydrogen-bond acceptors (Lipinski definition) is 3. The molecule has 1 aromatic carbocycles. The Morgan fingerprint density at radius 3 is 2.67 bits per heavy atom. The van der Waals surface area contributed by atoms with Gasteiger partial charge in [-0.15, -0.1) is 0 Å². The van der Waals surface area contributed by atoms with Crippen LogP contribution in [0.5, 0.6) is 0 Å². The molecule has 3 heteroatoms. The molecule has 0 aliphatic heterocycles. The van der Waals surface area contributed by atoms with E-state index in [1.54, 1.807) is 13.4 Å². The van der Waals surface area contributed by atoms with E-state index in [4.69, 9.17) is 14.2 Å². The van der Waals surface area contributed by atoms with Crippen molar-refractivity contribution in [1.29, 1.82) is 0 Å². The van der Waals surface area contributed by atoms with Gasteiger partial charge in [-0.2, -0.15) is 0 Å². The summed E-state index contributed by atoms with van der Waals surface area (Å²) in [7, 11) is 1.64. The Morgan fingerprint density at radius 2 is 1.93 bits per heavy atom. The van der Waals surface area contributed by atoms with Gasteiger partial charge in [0.2, 0.25) is 0 Å². The second-order valence-electron chi connectivity index (χ2n) is 2.90. The monoisotopic (exact) mass is 208 g/mol. The first-order valence-corrected chi connectivity index (χ1v) is 4.83. The zero-order valence-corrected chi connectivity index (χ0v) is 8.89. The fourth-order valence-electron chi connectivity index (χ4n) is 0.979. The van der Waals surface area contributed by atoms with Crippen molar-refractivity contribution in [3.8, 4) is 0 Å². The van der Waals surface area contributed by atoms with E-state index in [1.807, 2.05) is 36.4 Å². The summed E-state index contributed by atoms with van der Waals surface area (Å²) in [6.45, 7) is 1.40. The molecular formula is C12H16O3. The Labute approximate surface area is 90.3 Å². The third-order valence-corrected chi connectivity index (χ3v) is 1.74.